The van der Waals surface area contributed by atoms with E-state index in [9.17, 15) is 9.59 Å². The molecule has 0 aliphatic heterocycles. The van der Waals surface area contributed by atoms with Gasteiger partial charge in [-0.3, -0.25) is 4.79 Å². The van der Waals surface area contributed by atoms with Gasteiger partial charge in [0.25, 0.3) is 5.91 Å². The number of rotatable bonds is 4. The van der Waals surface area contributed by atoms with E-state index in [4.69, 9.17) is 10.00 Å². The van der Waals surface area contributed by atoms with Crippen molar-refractivity contribution in [1.82, 2.24) is 5.32 Å². The summed E-state index contributed by atoms with van der Waals surface area (Å²) in [7, 11) is 0. The van der Waals surface area contributed by atoms with E-state index in [0.717, 1.165) is 12.8 Å². The van der Waals surface area contributed by atoms with Crippen molar-refractivity contribution < 1.29 is 14.3 Å². The summed E-state index contributed by atoms with van der Waals surface area (Å²) in [6.07, 6.45) is 1.99. The van der Waals surface area contributed by atoms with Crippen molar-refractivity contribution in [3.63, 3.8) is 0 Å². The highest BCUT2D eigenvalue weighted by Crippen LogP contribution is 2.18. The van der Waals surface area contributed by atoms with Crippen LogP contribution in [0.1, 0.15) is 28.8 Å². The molecule has 5 heteroatoms. The number of carbonyl (C=O) groups is 2. The third-order valence-electron chi connectivity index (χ3n) is 2.53. The van der Waals surface area contributed by atoms with E-state index in [0.29, 0.717) is 11.1 Å². The fourth-order valence-electron chi connectivity index (χ4n) is 1.39. The zero-order valence-electron chi connectivity index (χ0n) is 9.68. The van der Waals surface area contributed by atoms with Gasteiger partial charge in [0, 0.05) is 6.04 Å². The second-order valence-corrected chi connectivity index (χ2v) is 4.11. The minimum atomic E-state index is -0.564. The summed E-state index contributed by atoms with van der Waals surface area (Å²) in [6.45, 7) is -0.269. The van der Waals surface area contributed by atoms with Crippen molar-refractivity contribution in [2.45, 2.75) is 18.9 Å². The van der Waals surface area contributed by atoms with Gasteiger partial charge in [0.15, 0.2) is 6.61 Å². The third-order valence-corrected chi connectivity index (χ3v) is 2.53. The highest BCUT2D eigenvalue weighted by molar-refractivity contribution is 5.91. The van der Waals surface area contributed by atoms with Gasteiger partial charge in [-0.2, -0.15) is 5.26 Å². The number of benzene rings is 1. The van der Waals surface area contributed by atoms with Gasteiger partial charge in [0.1, 0.15) is 0 Å². The lowest BCUT2D eigenvalue weighted by Crippen LogP contribution is -2.30. The van der Waals surface area contributed by atoms with E-state index >= 15 is 0 Å². The molecular formula is C13H12N2O3. The largest absolute Gasteiger partial charge is 0.452 e. The number of hydrogen-bond donors (Lipinski definition) is 1. The molecule has 1 amide bonds. The van der Waals surface area contributed by atoms with Gasteiger partial charge in [0.2, 0.25) is 0 Å². The Morgan fingerprint density at radius 3 is 2.56 bits per heavy atom. The summed E-state index contributed by atoms with van der Waals surface area (Å²) in [4.78, 5) is 22.9. The molecule has 0 radical (unpaired) electrons. The minimum Gasteiger partial charge on any atom is -0.452 e. The normalized spacial score (nSPS) is 13.5. The van der Waals surface area contributed by atoms with E-state index in [1.807, 2.05) is 6.07 Å². The van der Waals surface area contributed by atoms with Gasteiger partial charge < -0.3 is 10.1 Å². The van der Waals surface area contributed by atoms with Crippen LogP contribution in [0.15, 0.2) is 24.3 Å². The highest BCUT2D eigenvalue weighted by atomic mass is 16.5. The van der Waals surface area contributed by atoms with Crippen LogP contribution in [-0.2, 0) is 9.53 Å². The Labute approximate surface area is 104 Å². The van der Waals surface area contributed by atoms with Crippen molar-refractivity contribution >= 4 is 11.9 Å². The summed E-state index contributed by atoms with van der Waals surface area (Å²) in [5, 5.41) is 11.3. The predicted octanol–water partition coefficient (Wildman–Crippen LogP) is 0.994. The van der Waals surface area contributed by atoms with Crippen molar-refractivity contribution in [2.75, 3.05) is 6.61 Å². The van der Waals surface area contributed by atoms with Crippen molar-refractivity contribution in [1.29, 1.82) is 5.26 Å². The Hall–Kier alpha value is -2.35. The zero-order chi connectivity index (χ0) is 13.0. The molecule has 0 aromatic heterocycles. The van der Waals surface area contributed by atoms with Crippen molar-refractivity contribution in [2.24, 2.45) is 0 Å². The molecule has 1 N–H and O–H groups in total. The topological polar surface area (TPSA) is 79.2 Å². The molecule has 92 valence electrons. The van der Waals surface area contributed by atoms with Crippen LogP contribution in [0, 0.1) is 11.3 Å². The molecule has 0 unspecified atom stereocenters. The quantitative estimate of drug-likeness (QED) is 0.801. The molecule has 1 saturated carbocycles. The Balaban J connectivity index is 1.82. The molecule has 0 atom stereocenters. The zero-order valence-corrected chi connectivity index (χ0v) is 9.68. The monoisotopic (exact) mass is 244 g/mol. The second-order valence-electron chi connectivity index (χ2n) is 4.11. The Kier molecular flexibility index (Phi) is 3.58. The van der Waals surface area contributed by atoms with Crippen LogP contribution in [0.3, 0.4) is 0 Å². The first-order chi connectivity index (χ1) is 8.69. The molecule has 1 aromatic rings. The van der Waals surface area contributed by atoms with Crippen molar-refractivity contribution in [3.8, 4) is 6.07 Å². The van der Waals surface area contributed by atoms with Gasteiger partial charge in [-0.15, -0.1) is 0 Å². The summed E-state index contributed by atoms with van der Waals surface area (Å²) < 4.78 is 4.86. The van der Waals surface area contributed by atoms with E-state index in [-0.39, 0.29) is 18.6 Å². The third kappa shape index (κ3) is 3.32. The number of amides is 1. The average molecular weight is 244 g/mol. The maximum atomic E-state index is 11.6. The fraction of sp³-hybridized carbons (Fsp3) is 0.308. The number of esters is 1. The molecule has 1 aliphatic rings. The van der Waals surface area contributed by atoms with Gasteiger partial charge in [-0.05, 0) is 37.1 Å². The molecule has 0 heterocycles. The van der Waals surface area contributed by atoms with Crippen LogP contribution in [-0.4, -0.2) is 24.5 Å². The lowest BCUT2D eigenvalue weighted by atomic mass is 10.1. The maximum Gasteiger partial charge on any atom is 0.338 e. The summed E-state index contributed by atoms with van der Waals surface area (Å²) in [5.41, 5.74) is 0.797. The van der Waals surface area contributed by atoms with Crippen LogP contribution in [0.4, 0.5) is 0 Å². The molecule has 18 heavy (non-hydrogen) atoms. The SMILES string of the molecule is N#Cc1ccc(C(=O)OCC(=O)NC2CC2)cc1. The first kappa shape index (κ1) is 12.1. The number of ether oxygens (including phenoxy) is 1. The molecule has 1 fully saturated rings. The highest BCUT2D eigenvalue weighted by Gasteiger charge is 2.23. The molecule has 0 spiro atoms. The molecule has 0 saturated heterocycles. The van der Waals surface area contributed by atoms with E-state index in [1.165, 1.54) is 24.3 Å². The van der Waals surface area contributed by atoms with E-state index in [2.05, 4.69) is 5.32 Å². The van der Waals surface area contributed by atoms with E-state index < -0.39 is 5.97 Å². The predicted molar refractivity (Wildman–Crippen MR) is 62.6 cm³/mol. The van der Waals surface area contributed by atoms with Gasteiger partial charge in [0.05, 0.1) is 17.2 Å². The minimum absolute atomic E-state index is 0.256. The van der Waals surface area contributed by atoms with E-state index in [1.54, 1.807) is 0 Å². The van der Waals surface area contributed by atoms with Crippen LogP contribution >= 0.6 is 0 Å². The van der Waals surface area contributed by atoms with Crippen LogP contribution in [0.5, 0.6) is 0 Å². The van der Waals surface area contributed by atoms with Gasteiger partial charge in [-0.25, -0.2) is 4.79 Å². The number of hydrogen-bond acceptors (Lipinski definition) is 4. The van der Waals surface area contributed by atoms with Crippen LogP contribution in [0.2, 0.25) is 0 Å². The lowest BCUT2D eigenvalue weighted by molar-refractivity contribution is -0.124. The Bertz CT molecular complexity index is 498. The maximum absolute atomic E-state index is 11.6. The Morgan fingerprint density at radius 1 is 1.33 bits per heavy atom. The molecule has 2 rings (SSSR count). The van der Waals surface area contributed by atoms with Crippen molar-refractivity contribution in [3.05, 3.63) is 35.4 Å². The lowest BCUT2D eigenvalue weighted by Gasteiger charge is -2.05. The molecule has 0 bridgehead atoms. The molecular weight excluding hydrogens is 232 g/mol. The van der Waals surface area contributed by atoms with Crippen LogP contribution in [0.25, 0.3) is 0 Å². The molecule has 5 nitrogen and oxygen atoms in total. The van der Waals surface area contributed by atoms with Crippen LogP contribution < -0.4 is 5.32 Å². The second kappa shape index (κ2) is 5.32. The standard InChI is InChI=1S/C13H12N2O3/c14-7-9-1-3-10(4-2-9)13(17)18-8-12(16)15-11-5-6-11/h1-4,11H,5-6,8H2,(H,15,16). The number of nitrogens with one attached hydrogen (secondary N) is 1. The average Bonchev–Trinajstić information content (AvgIpc) is 3.20. The molecule has 1 aliphatic carbocycles. The fourth-order valence-corrected chi connectivity index (χ4v) is 1.39. The number of carbonyl (C=O) groups excluding carboxylic acids is 2. The number of nitriles is 1. The van der Waals surface area contributed by atoms with Gasteiger partial charge >= 0.3 is 5.97 Å². The summed E-state index contributed by atoms with van der Waals surface area (Å²) >= 11 is 0. The smallest absolute Gasteiger partial charge is 0.338 e. The summed E-state index contributed by atoms with van der Waals surface area (Å²) in [5.74, 6) is -0.843. The summed E-state index contributed by atoms with van der Waals surface area (Å²) in [6, 6.07) is 8.27. The van der Waals surface area contributed by atoms with Gasteiger partial charge in [-0.1, -0.05) is 0 Å². The number of nitrogens with zero attached hydrogens (tertiary/aromatic N) is 1. The molecule has 1 aromatic carbocycles. The first-order valence-electron chi connectivity index (χ1n) is 5.65. The Morgan fingerprint density at radius 2 is 2.00 bits per heavy atom. The first-order valence-corrected chi connectivity index (χ1v) is 5.65.